The van der Waals surface area contributed by atoms with E-state index in [9.17, 15) is 4.39 Å². The smallest absolute Gasteiger partial charge is 0.123 e. The van der Waals surface area contributed by atoms with Crippen LogP contribution in [0.25, 0.3) is 0 Å². The van der Waals surface area contributed by atoms with E-state index in [2.05, 4.69) is 0 Å². The first-order valence-electron chi connectivity index (χ1n) is 4.27. The quantitative estimate of drug-likeness (QED) is 0.777. The van der Waals surface area contributed by atoms with Gasteiger partial charge in [0, 0.05) is 6.04 Å². The van der Waals surface area contributed by atoms with Gasteiger partial charge in [-0.1, -0.05) is 0 Å². The summed E-state index contributed by atoms with van der Waals surface area (Å²) in [6.45, 7) is 3.75. The molecule has 0 amide bonds. The van der Waals surface area contributed by atoms with Crippen LogP contribution in [0.2, 0.25) is 0 Å². The molecule has 1 unspecified atom stereocenters. The molecule has 2 nitrogen and oxygen atoms in total. The van der Waals surface area contributed by atoms with Crippen molar-refractivity contribution < 1.29 is 9.13 Å². The lowest BCUT2D eigenvalue weighted by Gasteiger charge is -2.17. The molecule has 0 fully saturated rings. The van der Waals surface area contributed by atoms with E-state index in [1.165, 1.54) is 12.1 Å². The van der Waals surface area contributed by atoms with Gasteiger partial charge < -0.3 is 10.5 Å². The molecule has 2 atom stereocenters. The van der Waals surface area contributed by atoms with E-state index in [0.717, 1.165) is 0 Å². The molecular weight excluding hydrogens is 169 g/mol. The Hall–Kier alpha value is -1.09. The van der Waals surface area contributed by atoms with Crippen molar-refractivity contribution in [3.8, 4) is 5.75 Å². The van der Waals surface area contributed by atoms with Gasteiger partial charge in [0.05, 0.1) is 0 Å². The molecular formula is C10H14FNO. The Bertz CT molecular complexity index is 258. The fourth-order valence-electron chi connectivity index (χ4n) is 0.835. The first kappa shape index (κ1) is 9.99. The molecule has 0 radical (unpaired) electrons. The van der Waals surface area contributed by atoms with Gasteiger partial charge in [0.1, 0.15) is 17.7 Å². The highest BCUT2D eigenvalue weighted by molar-refractivity contribution is 5.22. The molecule has 0 heterocycles. The van der Waals surface area contributed by atoms with Crippen LogP contribution >= 0.6 is 0 Å². The highest BCUT2D eigenvalue weighted by Crippen LogP contribution is 2.13. The van der Waals surface area contributed by atoms with Crippen molar-refractivity contribution in [2.24, 2.45) is 5.73 Å². The molecule has 1 aromatic rings. The lowest BCUT2D eigenvalue weighted by Crippen LogP contribution is -2.33. The van der Waals surface area contributed by atoms with E-state index in [0.29, 0.717) is 5.75 Å². The van der Waals surface area contributed by atoms with Crippen LogP contribution in [0.4, 0.5) is 4.39 Å². The minimum Gasteiger partial charge on any atom is -0.489 e. The average molecular weight is 183 g/mol. The summed E-state index contributed by atoms with van der Waals surface area (Å²) in [5.41, 5.74) is 5.61. The van der Waals surface area contributed by atoms with Crippen molar-refractivity contribution in [3.05, 3.63) is 30.1 Å². The Balaban J connectivity index is 2.59. The van der Waals surface area contributed by atoms with Gasteiger partial charge in [-0.2, -0.15) is 0 Å². The van der Waals surface area contributed by atoms with Crippen molar-refractivity contribution in [3.63, 3.8) is 0 Å². The van der Waals surface area contributed by atoms with Gasteiger partial charge in [0.25, 0.3) is 0 Å². The van der Waals surface area contributed by atoms with Crippen LogP contribution < -0.4 is 10.5 Å². The first-order valence-corrected chi connectivity index (χ1v) is 4.27. The predicted molar refractivity (Wildman–Crippen MR) is 50.1 cm³/mol. The predicted octanol–water partition coefficient (Wildman–Crippen LogP) is 1.94. The van der Waals surface area contributed by atoms with Gasteiger partial charge in [-0.05, 0) is 38.1 Å². The summed E-state index contributed by atoms with van der Waals surface area (Å²) in [7, 11) is 0. The maximum atomic E-state index is 12.5. The molecule has 72 valence electrons. The fraction of sp³-hybridized carbons (Fsp3) is 0.400. The molecule has 0 saturated carbocycles. The zero-order chi connectivity index (χ0) is 9.84. The number of hydrogen-bond donors (Lipinski definition) is 1. The molecule has 0 aliphatic heterocycles. The van der Waals surface area contributed by atoms with Crippen LogP contribution in [0.3, 0.4) is 0 Å². The standard InChI is InChI=1S/C10H14FNO/c1-7(12)8(2)13-10-5-3-9(11)4-6-10/h3-8H,12H2,1-2H3/t7?,8-/m1/s1. The summed E-state index contributed by atoms with van der Waals surface area (Å²) in [5, 5.41) is 0. The second-order valence-corrected chi connectivity index (χ2v) is 3.14. The third-order valence-electron chi connectivity index (χ3n) is 1.88. The second kappa shape index (κ2) is 4.23. The van der Waals surface area contributed by atoms with Crippen LogP contribution in [0, 0.1) is 5.82 Å². The molecule has 13 heavy (non-hydrogen) atoms. The third-order valence-corrected chi connectivity index (χ3v) is 1.88. The average Bonchev–Trinajstić information content (AvgIpc) is 2.08. The van der Waals surface area contributed by atoms with Crippen molar-refractivity contribution >= 4 is 0 Å². The van der Waals surface area contributed by atoms with Crippen LogP contribution in [0.1, 0.15) is 13.8 Å². The Morgan fingerprint density at radius 3 is 2.23 bits per heavy atom. The minimum absolute atomic E-state index is 0.0370. The normalized spacial score (nSPS) is 15.1. The van der Waals surface area contributed by atoms with E-state index in [4.69, 9.17) is 10.5 Å². The van der Waals surface area contributed by atoms with Gasteiger partial charge >= 0.3 is 0 Å². The summed E-state index contributed by atoms with van der Waals surface area (Å²) in [4.78, 5) is 0. The molecule has 0 aliphatic rings. The van der Waals surface area contributed by atoms with Crippen LogP contribution in [0.5, 0.6) is 5.75 Å². The molecule has 0 aliphatic carbocycles. The molecule has 0 saturated heterocycles. The molecule has 1 aromatic carbocycles. The van der Waals surface area contributed by atoms with Crippen molar-refractivity contribution in [1.29, 1.82) is 0 Å². The highest BCUT2D eigenvalue weighted by Gasteiger charge is 2.08. The zero-order valence-electron chi connectivity index (χ0n) is 7.83. The van der Waals surface area contributed by atoms with Crippen molar-refractivity contribution in [2.75, 3.05) is 0 Å². The SMILES string of the molecule is CC(N)[C@@H](C)Oc1ccc(F)cc1. The largest absolute Gasteiger partial charge is 0.489 e. The third kappa shape index (κ3) is 3.03. The van der Waals surface area contributed by atoms with Gasteiger partial charge in [0.15, 0.2) is 0 Å². The Morgan fingerprint density at radius 2 is 1.77 bits per heavy atom. The molecule has 3 heteroatoms. The summed E-state index contributed by atoms with van der Waals surface area (Å²) in [6.07, 6.45) is -0.0644. The fourth-order valence-corrected chi connectivity index (χ4v) is 0.835. The number of nitrogens with two attached hydrogens (primary N) is 1. The van der Waals surface area contributed by atoms with E-state index in [1.807, 2.05) is 13.8 Å². The van der Waals surface area contributed by atoms with Crippen LogP contribution in [-0.4, -0.2) is 12.1 Å². The van der Waals surface area contributed by atoms with Crippen LogP contribution in [-0.2, 0) is 0 Å². The monoisotopic (exact) mass is 183 g/mol. The first-order chi connectivity index (χ1) is 6.09. The number of benzene rings is 1. The van der Waals surface area contributed by atoms with Crippen molar-refractivity contribution in [1.82, 2.24) is 0 Å². The zero-order valence-corrected chi connectivity index (χ0v) is 7.83. The van der Waals surface area contributed by atoms with Gasteiger partial charge in [0.2, 0.25) is 0 Å². The Kier molecular flexibility index (Phi) is 3.25. The Labute approximate surface area is 77.5 Å². The van der Waals surface area contributed by atoms with Gasteiger partial charge in [-0.15, -0.1) is 0 Å². The minimum atomic E-state index is -0.263. The number of hydrogen-bond acceptors (Lipinski definition) is 2. The van der Waals surface area contributed by atoms with E-state index < -0.39 is 0 Å². The van der Waals surface area contributed by atoms with E-state index in [-0.39, 0.29) is 18.0 Å². The lowest BCUT2D eigenvalue weighted by molar-refractivity contribution is 0.196. The lowest BCUT2D eigenvalue weighted by atomic mass is 10.2. The van der Waals surface area contributed by atoms with Crippen molar-refractivity contribution in [2.45, 2.75) is 26.0 Å². The molecule has 0 spiro atoms. The number of halogens is 1. The second-order valence-electron chi connectivity index (χ2n) is 3.14. The molecule has 0 aromatic heterocycles. The molecule has 2 N–H and O–H groups in total. The summed E-state index contributed by atoms with van der Waals surface area (Å²) in [5.74, 6) is 0.381. The highest BCUT2D eigenvalue weighted by atomic mass is 19.1. The van der Waals surface area contributed by atoms with Gasteiger partial charge in [-0.25, -0.2) is 4.39 Å². The maximum absolute atomic E-state index is 12.5. The molecule has 0 bridgehead atoms. The number of ether oxygens (including phenoxy) is 1. The summed E-state index contributed by atoms with van der Waals surface area (Å²) < 4.78 is 17.9. The van der Waals surface area contributed by atoms with Crippen LogP contribution in [0.15, 0.2) is 24.3 Å². The van der Waals surface area contributed by atoms with E-state index in [1.54, 1.807) is 12.1 Å². The number of rotatable bonds is 3. The summed E-state index contributed by atoms with van der Waals surface area (Å²) >= 11 is 0. The Morgan fingerprint density at radius 1 is 1.23 bits per heavy atom. The maximum Gasteiger partial charge on any atom is 0.123 e. The van der Waals surface area contributed by atoms with E-state index >= 15 is 0 Å². The van der Waals surface area contributed by atoms with Gasteiger partial charge in [-0.3, -0.25) is 0 Å². The topological polar surface area (TPSA) is 35.2 Å². The summed E-state index contributed by atoms with van der Waals surface area (Å²) in [6, 6.07) is 5.87. The molecule has 1 rings (SSSR count).